The number of halogens is 2. The summed E-state index contributed by atoms with van der Waals surface area (Å²) >= 11 is 1.12. The predicted molar refractivity (Wildman–Crippen MR) is 142 cm³/mol. The van der Waals surface area contributed by atoms with Crippen molar-refractivity contribution in [1.29, 1.82) is 5.26 Å². The second kappa shape index (κ2) is 9.32. The Kier molecular flexibility index (Phi) is 6.24. The van der Waals surface area contributed by atoms with Gasteiger partial charge in [-0.1, -0.05) is 11.3 Å². The first-order chi connectivity index (χ1) is 19.0. The second-order valence-electron chi connectivity index (χ2n) is 10.8. The lowest BCUT2D eigenvalue weighted by atomic mass is 10.1. The third-order valence-corrected chi connectivity index (χ3v) is 10.3. The highest BCUT2D eigenvalue weighted by Gasteiger charge is 2.49. The number of carbonyl (C=O) groups is 1. The van der Waals surface area contributed by atoms with Crippen molar-refractivity contribution < 1.29 is 22.0 Å². The van der Waals surface area contributed by atoms with E-state index < -0.39 is 33.6 Å². The molecule has 1 N–H and O–H groups in total. The summed E-state index contributed by atoms with van der Waals surface area (Å²) < 4.78 is 59.9. The predicted octanol–water partition coefficient (Wildman–Crippen LogP) is 2.13. The second-order valence-corrected chi connectivity index (χ2v) is 13.4. The van der Waals surface area contributed by atoms with Crippen LogP contribution in [0.15, 0.2) is 17.2 Å². The maximum Gasteiger partial charge on any atom is 0.319 e. The van der Waals surface area contributed by atoms with E-state index in [0.29, 0.717) is 56.9 Å². The average molecular weight is 592 g/mol. The van der Waals surface area contributed by atoms with Gasteiger partial charge in [0.25, 0.3) is 0 Å². The van der Waals surface area contributed by atoms with Gasteiger partial charge >= 0.3 is 6.03 Å². The number of pyridine rings is 1. The van der Waals surface area contributed by atoms with Gasteiger partial charge in [-0.25, -0.2) is 22.3 Å². The van der Waals surface area contributed by atoms with Crippen molar-refractivity contribution >= 4 is 38.6 Å². The molecule has 2 aliphatic carbocycles. The Bertz CT molecular complexity index is 1650. The summed E-state index contributed by atoms with van der Waals surface area (Å²) in [5, 5.41) is 18.6. The zero-order valence-electron chi connectivity index (χ0n) is 21.9. The molecule has 6 rings (SSSR count). The number of imidazole rings is 1. The third-order valence-electron chi connectivity index (χ3n) is 7.68. The molecule has 0 unspecified atom stereocenters. The smallest absolute Gasteiger partial charge is 0.319 e. The molecule has 1 saturated heterocycles. The van der Waals surface area contributed by atoms with Crippen LogP contribution in [-0.4, -0.2) is 96.3 Å². The Morgan fingerprint density at radius 1 is 1.20 bits per heavy atom. The molecule has 3 aliphatic rings. The van der Waals surface area contributed by atoms with Gasteiger partial charge in [0.15, 0.2) is 10.8 Å². The molecule has 3 fully saturated rings. The highest BCUT2D eigenvalue weighted by atomic mass is 32.2. The molecule has 12 nitrogen and oxygen atoms in total. The van der Waals surface area contributed by atoms with Gasteiger partial charge in [0, 0.05) is 46.5 Å². The van der Waals surface area contributed by atoms with E-state index >= 15 is 4.39 Å². The lowest BCUT2D eigenvalue weighted by Gasteiger charge is -2.37. The fourth-order valence-electron chi connectivity index (χ4n) is 4.85. The number of fused-ring (bicyclic) bond motifs is 1. The Labute approximate surface area is 233 Å². The minimum absolute atomic E-state index is 0.0473. The summed E-state index contributed by atoms with van der Waals surface area (Å²) in [7, 11) is -0.872. The van der Waals surface area contributed by atoms with Gasteiger partial charge in [-0.05, 0) is 31.7 Å². The SMILES string of the molecule is CN(C)C(=O)N1CCN(c2cc(S(=O)(=O)NC3(CF)CC3)cn3c(-c4nnc(C5(C#N)CC5)s4)nc(F)c23)CC1. The minimum atomic E-state index is -4.19. The van der Waals surface area contributed by atoms with E-state index in [-0.39, 0.29) is 33.0 Å². The van der Waals surface area contributed by atoms with Gasteiger partial charge in [0.1, 0.15) is 27.5 Å². The maximum atomic E-state index is 15.6. The number of carbonyl (C=O) groups excluding carboxylic acids is 1. The van der Waals surface area contributed by atoms with Crippen LogP contribution < -0.4 is 9.62 Å². The number of aromatic nitrogens is 4. The first-order valence-corrected chi connectivity index (χ1v) is 15.1. The first-order valence-electron chi connectivity index (χ1n) is 12.8. The quantitative estimate of drug-likeness (QED) is 0.441. The fourth-order valence-corrected chi connectivity index (χ4v) is 7.34. The van der Waals surface area contributed by atoms with Crippen molar-refractivity contribution in [1.82, 2.24) is 34.1 Å². The van der Waals surface area contributed by atoms with Gasteiger partial charge in [-0.3, -0.25) is 4.40 Å². The molecule has 0 bridgehead atoms. The summed E-state index contributed by atoms with van der Waals surface area (Å²) in [5.74, 6) is -0.773. The van der Waals surface area contributed by atoms with E-state index in [1.54, 1.807) is 19.0 Å². The maximum absolute atomic E-state index is 15.6. The Morgan fingerprint density at radius 3 is 2.48 bits per heavy atom. The third kappa shape index (κ3) is 4.45. The van der Waals surface area contributed by atoms with Crippen LogP contribution in [0.2, 0.25) is 0 Å². The largest absolute Gasteiger partial charge is 0.366 e. The van der Waals surface area contributed by atoms with Crippen molar-refractivity contribution in [3.8, 4) is 16.9 Å². The van der Waals surface area contributed by atoms with Crippen molar-refractivity contribution in [2.75, 3.05) is 51.8 Å². The molecule has 3 aromatic rings. The highest BCUT2D eigenvalue weighted by molar-refractivity contribution is 7.89. The normalized spacial score (nSPS) is 19.5. The summed E-state index contributed by atoms with van der Waals surface area (Å²) in [4.78, 5) is 21.3. The molecular formula is C24H27F2N9O3S2. The molecule has 1 aliphatic heterocycles. The standard InChI is InChI=1S/C24H27F2N9O3S2/c1-32(2)22(36)34-9-7-33(8-10-34)16-11-15(40(37,38)31-24(13-25)5-6-24)12-35-17(16)18(26)28-19(35)20-29-30-21(39-20)23(14-27)3-4-23/h11-12,31H,3-10,13H2,1-2H3. The van der Waals surface area contributed by atoms with Gasteiger partial charge in [0.05, 0.1) is 17.3 Å². The molecule has 0 spiro atoms. The minimum Gasteiger partial charge on any atom is -0.366 e. The van der Waals surface area contributed by atoms with E-state index in [4.69, 9.17) is 0 Å². The van der Waals surface area contributed by atoms with Crippen LogP contribution in [0.1, 0.15) is 30.7 Å². The van der Waals surface area contributed by atoms with Crippen LogP contribution in [0.25, 0.3) is 16.3 Å². The number of hydrogen-bond donors (Lipinski definition) is 1. The number of alkyl halides is 1. The van der Waals surface area contributed by atoms with Crippen LogP contribution >= 0.6 is 11.3 Å². The number of piperazine rings is 1. The first kappa shape index (κ1) is 26.8. The number of amides is 2. The molecule has 40 heavy (non-hydrogen) atoms. The molecule has 212 valence electrons. The zero-order chi connectivity index (χ0) is 28.4. The molecular weight excluding hydrogens is 564 g/mol. The number of nitriles is 1. The number of hydrogen-bond acceptors (Lipinski definition) is 9. The Morgan fingerprint density at radius 2 is 1.90 bits per heavy atom. The number of anilines is 1. The highest BCUT2D eigenvalue weighted by Crippen LogP contribution is 2.49. The van der Waals surface area contributed by atoms with Gasteiger partial charge in [0.2, 0.25) is 16.0 Å². The van der Waals surface area contributed by atoms with Crippen LogP contribution in [0.4, 0.5) is 19.3 Å². The number of nitrogens with one attached hydrogen (secondary N) is 1. The average Bonchev–Trinajstić information content (AvgIpc) is 3.83. The van der Waals surface area contributed by atoms with Gasteiger partial charge in [-0.2, -0.15) is 14.6 Å². The van der Waals surface area contributed by atoms with E-state index in [1.807, 2.05) is 4.90 Å². The molecule has 3 aromatic heterocycles. The lowest BCUT2D eigenvalue weighted by Crippen LogP contribution is -2.51. The Balaban J connectivity index is 1.44. The number of urea groups is 1. The molecule has 4 heterocycles. The topological polar surface area (TPSA) is 140 Å². The lowest BCUT2D eigenvalue weighted by molar-refractivity contribution is 0.168. The van der Waals surface area contributed by atoms with Crippen LogP contribution in [0.3, 0.4) is 0 Å². The summed E-state index contributed by atoms with van der Waals surface area (Å²) in [6.45, 7) is 0.523. The zero-order valence-corrected chi connectivity index (χ0v) is 23.5. The summed E-state index contributed by atoms with van der Waals surface area (Å²) in [5.41, 5.74) is -1.49. The Hall–Kier alpha value is -3.42. The summed E-state index contributed by atoms with van der Waals surface area (Å²) in [6, 6.07) is 3.47. The van der Waals surface area contributed by atoms with E-state index in [0.717, 1.165) is 11.3 Å². The molecule has 2 amide bonds. The van der Waals surface area contributed by atoms with E-state index in [1.165, 1.54) is 21.6 Å². The van der Waals surface area contributed by atoms with Gasteiger partial charge in [-0.15, -0.1) is 10.2 Å². The number of rotatable bonds is 7. The monoisotopic (exact) mass is 591 g/mol. The van der Waals surface area contributed by atoms with Crippen molar-refractivity contribution in [2.45, 2.75) is 41.5 Å². The van der Waals surface area contributed by atoms with Gasteiger partial charge < -0.3 is 14.7 Å². The van der Waals surface area contributed by atoms with Crippen molar-refractivity contribution in [3.05, 3.63) is 23.2 Å². The van der Waals surface area contributed by atoms with E-state index in [9.17, 15) is 22.9 Å². The van der Waals surface area contributed by atoms with Crippen molar-refractivity contribution in [2.24, 2.45) is 0 Å². The van der Waals surface area contributed by atoms with E-state index in [2.05, 4.69) is 26.0 Å². The van der Waals surface area contributed by atoms with Crippen LogP contribution in [0, 0.1) is 17.3 Å². The molecule has 16 heteroatoms. The van der Waals surface area contributed by atoms with Crippen LogP contribution in [-0.2, 0) is 15.4 Å². The molecule has 0 radical (unpaired) electrons. The fraction of sp³-hybridized carbons (Fsp3) is 0.542. The number of sulfonamides is 1. The van der Waals surface area contributed by atoms with Crippen molar-refractivity contribution in [3.63, 3.8) is 0 Å². The number of nitrogens with zero attached hydrogens (tertiary/aromatic N) is 8. The molecule has 0 atom stereocenters. The van der Waals surface area contributed by atoms with Crippen LogP contribution in [0.5, 0.6) is 0 Å². The molecule has 0 aromatic carbocycles. The summed E-state index contributed by atoms with van der Waals surface area (Å²) in [6.07, 6.45) is 3.35. The molecule has 2 saturated carbocycles.